The zero-order valence-corrected chi connectivity index (χ0v) is 11.2. The molecule has 0 spiro atoms. The Balaban J connectivity index is 1.69. The maximum atomic E-state index is 12.3. The Hall–Kier alpha value is -2.30. The molecule has 1 aromatic carbocycles. The van der Waals surface area contributed by atoms with Gasteiger partial charge >= 0.3 is 0 Å². The molecule has 2 amide bonds. The molecule has 1 aliphatic heterocycles. The monoisotopic (exact) mass is 271 g/mol. The van der Waals surface area contributed by atoms with Crippen molar-refractivity contribution in [3.05, 3.63) is 36.0 Å². The van der Waals surface area contributed by atoms with Crippen molar-refractivity contribution in [1.82, 2.24) is 14.8 Å². The molecule has 0 bridgehead atoms. The standard InChI is InChI=1S/C15H17N3O2/c19-11-17-5-7-18(8-6-17)15(20)9-12-10-16-14-4-2-1-3-13(12)14/h1-4,10-11,16H,5-9H2. The van der Waals surface area contributed by atoms with E-state index in [0.29, 0.717) is 32.6 Å². The minimum Gasteiger partial charge on any atom is -0.361 e. The van der Waals surface area contributed by atoms with Gasteiger partial charge in [0.2, 0.25) is 12.3 Å². The van der Waals surface area contributed by atoms with Crippen molar-refractivity contribution in [2.24, 2.45) is 0 Å². The molecule has 0 saturated carbocycles. The number of piperazine rings is 1. The summed E-state index contributed by atoms with van der Waals surface area (Å²) in [6, 6.07) is 7.99. The van der Waals surface area contributed by atoms with Crippen LogP contribution in [0.3, 0.4) is 0 Å². The number of aromatic nitrogens is 1. The molecule has 1 aromatic heterocycles. The van der Waals surface area contributed by atoms with Crippen molar-refractivity contribution >= 4 is 23.2 Å². The number of fused-ring (bicyclic) bond motifs is 1. The van der Waals surface area contributed by atoms with Crippen molar-refractivity contribution in [3.8, 4) is 0 Å². The van der Waals surface area contributed by atoms with Gasteiger partial charge in [-0.1, -0.05) is 18.2 Å². The number of hydrogen-bond donors (Lipinski definition) is 1. The van der Waals surface area contributed by atoms with Crippen LogP contribution in [-0.2, 0) is 16.0 Å². The van der Waals surface area contributed by atoms with Crippen molar-refractivity contribution in [1.29, 1.82) is 0 Å². The van der Waals surface area contributed by atoms with Gasteiger partial charge in [-0.15, -0.1) is 0 Å². The van der Waals surface area contributed by atoms with E-state index in [4.69, 9.17) is 0 Å². The Morgan fingerprint density at radius 2 is 1.95 bits per heavy atom. The molecule has 1 N–H and O–H groups in total. The van der Waals surface area contributed by atoms with Crippen LogP contribution in [0.1, 0.15) is 5.56 Å². The fraction of sp³-hybridized carbons (Fsp3) is 0.333. The second-order valence-corrected chi connectivity index (χ2v) is 5.06. The Labute approximate surface area is 117 Å². The summed E-state index contributed by atoms with van der Waals surface area (Å²) < 4.78 is 0. The van der Waals surface area contributed by atoms with Crippen LogP contribution in [0.5, 0.6) is 0 Å². The van der Waals surface area contributed by atoms with E-state index < -0.39 is 0 Å². The molecule has 1 fully saturated rings. The molecular weight excluding hydrogens is 254 g/mol. The summed E-state index contributed by atoms with van der Waals surface area (Å²) in [5, 5.41) is 1.10. The molecule has 1 saturated heterocycles. The van der Waals surface area contributed by atoms with Crippen LogP contribution in [0.25, 0.3) is 10.9 Å². The van der Waals surface area contributed by atoms with Crippen LogP contribution in [-0.4, -0.2) is 53.3 Å². The highest BCUT2D eigenvalue weighted by Gasteiger charge is 2.20. The van der Waals surface area contributed by atoms with E-state index in [9.17, 15) is 9.59 Å². The van der Waals surface area contributed by atoms with Crippen LogP contribution in [0, 0.1) is 0 Å². The number of carbonyl (C=O) groups is 2. The average Bonchev–Trinajstić information content (AvgIpc) is 2.91. The molecule has 5 nitrogen and oxygen atoms in total. The molecular formula is C15H17N3O2. The number of nitrogens with zero attached hydrogens (tertiary/aromatic N) is 2. The van der Waals surface area contributed by atoms with Crippen LogP contribution in [0.15, 0.2) is 30.5 Å². The summed E-state index contributed by atoms with van der Waals surface area (Å²) in [7, 11) is 0. The normalized spacial score (nSPS) is 15.6. The summed E-state index contributed by atoms with van der Waals surface area (Å²) in [5.41, 5.74) is 2.09. The fourth-order valence-electron chi connectivity index (χ4n) is 2.63. The number of H-pyrrole nitrogens is 1. The summed E-state index contributed by atoms with van der Waals surface area (Å²) in [6.45, 7) is 2.51. The van der Waals surface area contributed by atoms with Gasteiger partial charge in [0, 0.05) is 43.3 Å². The number of carbonyl (C=O) groups excluding carboxylic acids is 2. The van der Waals surface area contributed by atoms with Crippen LogP contribution in [0.4, 0.5) is 0 Å². The van der Waals surface area contributed by atoms with Gasteiger partial charge in [-0.2, -0.15) is 0 Å². The molecule has 104 valence electrons. The second-order valence-electron chi connectivity index (χ2n) is 5.06. The molecule has 0 radical (unpaired) electrons. The lowest BCUT2D eigenvalue weighted by Crippen LogP contribution is -2.48. The Bertz CT molecular complexity index is 627. The number of benzene rings is 1. The summed E-state index contributed by atoms with van der Waals surface area (Å²) in [6.07, 6.45) is 3.16. The van der Waals surface area contributed by atoms with Gasteiger partial charge in [-0.3, -0.25) is 9.59 Å². The first-order valence-corrected chi connectivity index (χ1v) is 6.80. The number of aromatic amines is 1. The molecule has 1 aliphatic rings. The third kappa shape index (κ3) is 2.39. The van der Waals surface area contributed by atoms with Crippen molar-refractivity contribution in [2.45, 2.75) is 6.42 Å². The molecule has 2 heterocycles. The van der Waals surface area contributed by atoms with Gasteiger partial charge in [-0.25, -0.2) is 0 Å². The number of hydrogen-bond acceptors (Lipinski definition) is 2. The molecule has 5 heteroatoms. The van der Waals surface area contributed by atoms with Gasteiger partial charge in [0.1, 0.15) is 0 Å². The minimum absolute atomic E-state index is 0.125. The number of rotatable bonds is 3. The van der Waals surface area contributed by atoms with Crippen LogP contribution >= 0.6 is 0 Å². The molecule has 0 atom stereocenters. The minimum atomic E-state index is 0.125. The van der Waals surface area contributed by atoms with Gasteiger partial charge in [0.25, 0.3) is 0 Å². The Kier molecular flexibility index (Phi) is 3.41. The molecule has 0 aliphatic carbocycles. The van der Waals surface area contributed by atoms with Crippen molar-refractivity contribution in [2.75, 3.05) is 26.2 Å². The van der Waals surface area contributed by atoms with E-state index in [1.165, 1.54) is 0 Å². The van der Waals surface area contributed by atoms with Gasteiger partial charge in [0.05, 0.1) is 6.42 Å². The van der Waals surface area contributed by atoms with Crippen LogP contribution < -0.4 is 0 Å². The zero-order chi connectivity index (χ0) is 13.9. The molecule has 2 aromatic rings. The summed E-state index contributed by atoms with van der Waals surface area (Å²) in [5.74, 6) is 0.125. The quantitative estimate of drug-likeness (QED) is 0.847. The Morgan fingerprint density at radius 3 is 2.70 bits per heavy atom. The smallest absolute Gasteiger partial charge is 0.227 e. The molecule has 0 unspecified atom stereocenters. The van der Waals surface area contributed by atoms with E-state index in [2.05, 4.69) is 4.98 Å². The third-order valence-electron chi connectivity index (χ3n) is 3.83. The summed E-state index contributed by atoms with van der Waals surface area (Å²) >= 11 is 0. The highest BCUT2D eigenvalue weighted by atomic mass is 16.2. The van der Waals surface area contributed by atoms with E-state index in [1.807, 2.05) is 35.4 Å². The van der Waals surface area contributed by atoms with E-state index >= 15 is 0 Å². The lowest BCUT2D eigenvalue weighted by molar-refractivity contribution is -0.134. The van der Waals surface area contributed by atoms with Gasteiger partial charge in [-0.05, 0) is 11.6 Å². The zero-order valence-electron chi connectivity index (χ0n) is 11.2. The first kappa shape index (κ1) is 12.7. The highest BCUT2D eigenvalue weighted by molar-refractivity contribution is 5.88. The average molecular weight is 271 g/mol. The highest BCUT2D eigenvalue weighted by Crippen LogP contribution is 2.18. The second kappa shape index (κ2) is 5.36. The predicted octanol–water partition coefficient (Wildman–Crippen LogP) is 1.01. The van der Waals surface area contributed by atoms with Gasteiger partial charge < -0.3 is 14.8 Å². The molecule has 3 rings (SSSR count). The largest absolute Gasteiger partial charge is 0.361 e. The van der Waals surface area contributed by atoms with E-state index in [-0.39, 0.29) is 5.91 Å². The topological polar surface area (TPSA) is 56.4 Å². The molecule has 20 heavy (non-hydrogen) atoms. The first-order valence-electron chi connectivity index (χ1n) is 6.80. The first-order chi connectivity index (χ1) is 9.78. The Morgan fingerprint density at radius 1 is 1.20 bits per heavy atom. The van der Waals surface area contributed by atoms with Crippen LogP contribution in [0.2, 0.25) is 0 Å². The lowest BCUT2D eigenvalue weighted by Gasteiger charge is -2.32. The van der Waals surface area contributed by atoms with Crippen molar-refractivity contribution < 1.29 is 9.59 Å². The summed E-state index contributed by atoms with van der Waals surface area (Å²) in [4.78, 5) is 29.7. The third-order valence-corrected chi connectivity index (χ3v) is 3.83. The maximum Gasteiger partial charge on any atom is 0.227 e. The number of para-hydroxylation sites is 1. The predicted molar refractivity (Wildman–Crippen MR) is 76.2 cm³/mol. The van der Waals surface area contributed by atoms with Crippen molar-refractivity contribution in [3.63, 3.8) is 0 Å². The number of amides is 2. The number of nitrogens with one attached hydrogen (secondary N) is 1. The van der Waals surface area contributed by atoms with E-state index in [0.717, 1.165) is 22.9 Å². The maximum absolute atomic E-state index is 12.3. The van der Waals surface area contributed by atoms with E-state index in [1.54, 1.807) is 4.90 Å². The SMILES string of the molecule is O=CN1CCN(C(=O)Cc2c[nH]c3ccccc23)CC1. The van der Waals surface area contributed by atoms with Gasteiger partial charge in [0.15, 0.2) is 0 Å². The fourth-order valence-corrected chi connectivity index (χ4v) is 2.63. The lowest BCUT2D eigenvalue weighted by atomic mass is 10.1.